The number of hydrogen-bond donors (Lipinski definition) is 0. The SMILES string of the molecule is c1ccc(-c2nc3c4ccccc4c4ccccc4c3n2-c2cccc(-c3cccc4c3oc3ncccc34)c2)cc1. The highest BCUT2D eigenvalue weighted by molar-refractivity contribution is 6.24. The quantitative estimate of drug-likeness (QED) is 0.211. The predicted octanol–water partition coefficient (Wildman–Crippen LogP) is 9.96. The number of nitrogens with zero attached hydrogens (tertiary/aromatic N) is 3. The van der Waals surface area contributed by atoms with Crippen molar-refractivity contribution in [2.75, 3.05) is 0 Å². The van der Waals surface area contributed by atoms with Crippen molar-refractivity contribution in [3.8, 4) is 28.2 Å². The minimum absolute atomic E-state index is 0.654. The van der Waals surface area contributed by atoms with Crippen molar-refractivity contribution in [1.29, 1.82) is 0 Å². The second-order valence-corrected chi connectivity index (χ2v) is 10.6. The maximum absolute atomic E-state index is 6.31. The number of fused-ring (bicyclic) bond motifs is 9. The molecule has 0 unspecified atom stereocenters. The average molecular weight is 538 g/mol. The molecule has 9 aromatic rings. The molecule has 0 bridgehead atoms. The molecular weight excluding hydrogens is 514 g/mol. The monoisotopic (exact) mass is 537 g/mol. The fraction of sp³-hybridized carbons (Fsp3) is 0. The van der Waals surface area contributed by atoms with Crippen LogP contribution in [0, 0.1) is 0 Å². The topological polar surface area (TPSA) is 43.9 Å². The van der Waals surface area contributed by atoms with E-state index in [1.165, 1.54) is 16.2 Å². The molecule has 0 radical (unpaired) electrons. The van der Waals surface area contributed by atoms with Crippen molar-refractivity contribution < 1.29 is 4.42 Å². The van der Waals surface area contributed by atoms with Gasteiger partial charge in [0.05, 0.1) is 11.0 Å². The fourth-order valence-electron chi connectivity index (χ4n) is 6.41. The molecule has 0 amide bonds. The van der Waals surface area contributed by atoms with Crippen molar-refractivity contribution in [2.24, 2.45) is 0 Å². The first-order valence-corrected chi connectivity index (χ1v) is 14.1. The van der Waals surface area contributed by atoms with Crippen molar-refractivity contribution in [2.45, 2.75) is 0 Å². The second kappa shape index (κ2) is 8.88. The van der Waals surface area contributed by atoms with Crippen LogP contribution in [0.5, 0.6) is 0 Å². The molecule has 0 saturated carbocycles. The Morgan fingerprint density at radius 1 is 0.524 bits per heavy atom. The number of furan rings is 1. The molecule has 4 nitrogen and oxygen atoms in total. The van der Waals surface area contributed by atoms with Gasteiger partial charge < -0.3 is 4.42 Å². The molecule has 0 fully saturated rings. The highest BCUT2D eigenvalue weighted by Gasteiger charge is 2.21. The van der Waals surface area contributed by atoms with Gasteiger partial charge >= 0.3 is 0 Å². The Morgan fingerprint density at radius 2 is 1.19 bits per heavy atom. The zero-order valence-electron chi connectivity index (χ0n) is 22.5. The predicted molar refractivity (Wildman–Crippen MR) is 172 cm³/mol. The van der Waals surface area contributed by atoms with Crippen molar-refractivity contribution in [3.63, 3.8) is 0 Å². The van der Waals surface area contributed by atoms with Gasteiger partial charge in [-0.3, -0.25) is 4.57 Å². The minimum atomic E-state index is 0.654. The van der Waals surface area contributed by atoms with Gasteiger partial charge in [-0.15, -0.1) is 0 Å². The summed E-state index contributed by atoms with van der Waals surface area (Å²) in [6, 6.07) is 46.7. The van der Waals surface area contributed by atoms with E-state index in [0.29, 0.717) is 5.71 Å². The summed E-state index contributed by atoms with van der Waals surface area (Å²) in [5.74, 6) is 0.912. The van der Waals surface area contributed by atoms with Gasteiger partial charge in [0.2, 0.25) is 5.71 Å². The lowest BCUT2D eigenvalue weighted by Crippen LogP contribution is -1.98. The highest BCUT2D eigenvalue weighted by Crippen LogP contribution is 2.40. The summed E-state index contributed by atoms with van der Waals surface area (Å²) in [7, 11) is 0. The summed E-state index contributed by atoms with van der Waals surface area (Å²) in [4.78, 5) is 9.82. The Morgan fingerprint density at radius 3 is 2.05 bits per heavy atom. The zero-order chi connectivity index (χ0) is 27.6. The number of pyridine rings is 1. The number of hydrogen-bond acceptors (Lipinski definition) is 3. The van der Waals surface area contributed by atoms with E-state index in [1.54, 1.807) is 6.20 Å². The molecule has 0 saturated heterocycles. The normalized spacial score (nSPS) is 11.8. The van der Waals surface area contributed by atoms with Crippen LogP contribution in [0.3, 0.4) is 0 Å². The van der Waals surface area contributed by atoms with Gasteiger partial charge in [0.1, 0.15) is 11.4 Å². The second-order valence-electron chi connectivity index (χ2n) is 10.6. The number of benzene rings is 6. The van der Waals surface area contributed by atoms with Gasteiger partial charge in [0.15, 0.2) is 0 Å². The molecule has 0 aliphatic heterocycles. The van der Waals surface area contributed by atoms with Crippen LogP contribution in [-0.2, 0) is 0 Å². The molecule has 0 atom stereocenters. The Hall–Kier alpha value is -5.74. The van der Waals surface area contributed by atoms with Gasteiger partial charge in [-0.25, -0.2) is 9.97 Å². The Bertz CT molecular complexity index is 2470. The van der Waals surface area contributed by atoms with E-state index in [0.717, 1.165) is 61.0 Å². The van der Waals surface area contributed by atoms with E-state index in [-0.39, 0.29) is 0 Å². The van der Waals surface area contributed by atoms with E-state index < -0.39 is 0 Å². The first kappa shape index (κ1) is 23.0. The van der Waals surface area contributed by atoms with Crippen LogP contribution >= 0.6 is 0 Å². The van der Waals surface area contributed by atoms with E-state index in [4.69, 9.17) is 9.40 Å². The standard InChI is InChI=1S/C38H23N3O/c1-2-11-24(12-3-1)37-40-34-30-17-6-4-15-28(30)29-16-5-7-18-31(29)35(34)41(37)26-14-8-13-25(23-26)27-19-9-20-32-33-21-10-22-39-38(33)42-36(27)32/h1-23H. The van der Waals surface area contributed by atoms with E-state index in [1.807, 2.05) is 12.1 Å². The molecule has 6 aromatic carbocycles. The van der Waals surface area contributed by atoms with Gasteiger partial charge in [-0.2, -0.15) is 0 Å². The summed E-state index contributed by atoms with van der Waals surface area (Å²) in [5.41, 5.74) is 7.82. The number of aromatic nitrogens is 3. The number of imidazole rings is 1. The van der Waals surface area contributed by atoms with E-state index in [9.17, 15) is 0 Å². The molecular formula is C38H23N3O. The van der Waals surface area contributed by atoms with Crippen LogP contribution in [0.2, 0.25) is 0 Å². The summed E-state index contributed by atoms with van der Waals surface area (Å²) < 4.78 is 8.63. The molecule has 0 spiro atoms. The summed E-state index contributed by atoms with van der Waals surface area (Å²) in [6.45, 7) is 0. The molecule has 0 aliphatic rings. The third kappa shape index (κ3) is 3.29. The summed E-state index contributed by atoms with van der Waals surface area (Å²) in [5, 5.41) is 6.85. The van der Waals surface area contributed by atoms with Crippen LogP contribution in [0.4, 0.5) is 0 Å². The minimum Gasteiger partial charge on any atom is -0.437 e. The highest BCUT2D eigenvalue weighted by atomic mass is 16.3. The molecule has 9 rings (SSSR count). The van der Waals surface area contributed by atoms with Crippen LogP contribution in [0.1, 0.15) is 0 Å². The van der Waals surface area contributed by atoms with Gasteiger partial charge in [-0.1, -0.05) is 109 Å². The first-order chi connectivity index (χ1) is 20.8. The smallest absolute Gasteiger partial charge is 0.227 e. The van der Waals surface area contributed by atoms with Gasteiger partial charge in [0, 0.05) is 44.6 Å². The lowest BCUT2D eigenvalue weighted by molar-refractivity contribution is 0.655. The molecule has 4 heteroatoms. The number of para-hydroxylation sites is 1. The summed E-state index contributed by atoms with van der Waals surface area (Å²) >= 11 is 0. The molecule has 3 heterocycles. The van der Waals surface area contributed by atoms with Crippen molar-refractivity contribution in [1.82, 2.24) is 14.5 Å². The van der Waals surface area contributed by atoms with Crippen LogP contribution in [-0.4, -0.2) is 14.5 Å². The lowest BCUT2D eigenvalue weighted by Gasteiger charge is -2.14. The Balaban J connectivity index is 1.38. The van der Waals surface area contributed by atoms with Crippen molar-refractivity contribution >= 4 is 54.6 Å². The van der Waals surface area contributed by atoms with Crippen LogP contribution in [0.25, 0.3) is 82.8 Å². The molecule has 42 heavy (non-hydrogen) atoms. The average Bonchev–Trinajstić information content (AvgIpc) is 3.65. The van der Waals surface area contributed by atoms with Crippen LogP contribution < -0.4 is 0 Å². The maximum atomic E-state index is 6.31. The van der Waals surface area contributed by atoms with Crippen molar-refractivity contribution in [3.05, 3.63) is 140 Å². The zero-order valence-corrected chi connectivity index (χ0v) is 22.5. The third-order valence-electron chi connectivity index (χ3n) is 8.25. The number of rotatable bonds is 3. The summed E-state index contributed by atoms with van der Waals surface area (Å²) in [6.07, 6.45) is 1.77. The Labute approximate surface area is 241 Å². The molecule has 0 N–H and O–H groups in total. The van der Waals surface area contributed by atoms with Gasteiger partial charge in [-0.05, 0) is 40.6 Å². The third-order valence-corrected chi connectivity index (χ3v) is 8.25. The molecule has 196 valence electrons. The maximum Gasteiger partial charge on any atom is 0.227 e. The lowest BCUT2D eigenvalue weighted by atomic mass is 9.99. The van der Waals surface area contributed by atoms with E-state index >= 15 is 0 Å². The largest absolute Gasteiger partial charge is 0.437 e. The van der Waals surface area contributed by atoms with Gasteiger partial charge in [0.25, 0.3) is 0 Å². The first-order valence-electron chi connectivity index (χ1n) is 14.1. The van der Waals surface area contributed by atoms with Crippen LogP contribution in [0.15, 0.2) is 144 Å². The Kier molecular flexibility index (Phi) is 4.87. The fourth-order valence-corrected chi connectivity index (χ4v) is 6.41. The van der Waals surface area contributed by atoms with E-state index in [2.05, 4.69) is 131 Å². The molecule has 0 aliphatic carbocycles. The molecule has 3 aromatic heterocycles.